The number of hydrogen-bond acceptors (Lipinski definition) is 2. The molecular formula is C16H19NO2. The van der Waals surface area contributed by atoms with E-state index in [-0.39, 0.29) is 0 Å². The fourth-order valence-electron chi connectivity index (χ4n) is 2.32. The third-order valence-electron chi connectivity index (χ3n) is 3.39. The van der Waals surface area contributed by atoms with Crippen molar-refractivity contribution in [1.29, 1.82) is 0 Å². The van der Waals surface area contributed by atoms with Crippen LogP contribution in [-0.4, -0.2) is 24.7 Å². The predicted molar refractivity (Wildman–Crippen MR) is 79.1 cm³/mol. The van der Waals surface area contributed by atoms with Gasteiger partial charge >= 0.3 is 5.97 Å². The van der Waals surface area contributed by atoms with Crippen LogP contribution in [0.2, 0.25) is 0 Å². The second-order valence-corrected chi connectivity index (χ2v) is 4.76. The van der Waals surface area contributed by atoms with E-state index >= 15 is 0 Å². The van der Waals surface area contributed by atoms with Crippen molar-refractivity contribution in [3.63, 3.8) is 0 Å². The zero-order valence-corrected chi connectivity index (χ0v) is 11.4. The maximum Gasteiger partial charge on any atom is 0.336 e. The highest BCUT2D eigenvalue weighted by Gasteiger charge is 2.12. The average Bonchev–Trinajstić information content (AvgIpc) is 2.43. The van der Waals surface area contributed by atoms with Gasteiger partial charge in [0, 0.05) is 24.7 Å². The third kappa shape index (κ3) is 2.70. The molecule has 0 bridgehead atoms. The molecule has 0 aromatic heterocycles. The van der Waals surface area contributed by atoms with Crippen LogP contribution >= 0.6 is 0 Å². The molecule has 0 unspecified atom stereocenters. The predicted octanol–water partition coefficient (Wildman–Crippen LogP) is 3.77. The Bertz CT molecular complexity index is 592. The molecule has 2 aromatic carbocycles. The summed E-state index contributed by atoms with van der Waals surface area (Å²) in [6, 6.07) is 11.3. The first kappa shape index (κ1) is 13.4. The summed E-state index contributed by atoms with van der Waals surface area (Å²) in [6.07, 6.45) is 2.28. The van der Waals surface area contributed by atoms with Crippen LogP contribution in [0.15, 0.2) is 36.4 Å². The molecule has 19 heavy (non-hydrogen) atoms. The van der Waals surface area contributed by atoms with Gasteiger partial charge in [-0.2, -0.15) is 0 Å². The molecule has 0 spiro atoms. The lowest BCUT2D eigenvalue weighted by Gasteiger charge is -2.21. The third-order valence-corrected chi connectivity index (χ3v) is 3.39. The molecule has 100 valence electrons. The van der Waals surface area contributed by atoms with Crippen LogP contribution < -0.4 is 4.90 Å². The smallest absolute Gasteiger partial charge is 0.336 e. The molecule has 0 heterocycles. The molecule has 1 N–H and O–H groups in total. The Morgan fingerprint density at radius 2 is 1.84 bits per heavy atom. The Morgan fingerprint density at radius 1 is 1.16 bits per heavy atom. The standard InChI is InChI=1S/C16H19NO2/c1-3-4-11-17(2)15-10-9-14(16(18)19)12-7-5-6-8-13(12)15/h5-10H,3-4,11H2,1-2H3,(H,18,19). The summed E-state index contributed by atoms with van der Waals surface area (Å²) in [6.45, 7) is 3.15. The van der Waals surface area contributed by atoms with Crippen LogP contribution in [0.25, 0.3) is 10.8 Å². The summed E-state index contributed by atoms with van der Waals surface area (Å²) < 4.78 is 0. The molecule has 3 nitrogen and oxygen atoms in total. The average molecular weight is 257 g/mol. The first-order chi connectivity index (χ1) is 9.15. The van der Waals surface area contributed by atoms with Gasteiger partial charge in [0.2, 0.25) is 0 Å². The van der Waals surface area contributed by atoms with Gasteiger partial charge in [0.15, 0.2) is 0 Å². The number of fused-ring (bicyclic) bond motifs is 1. The molecule has 0 atom stereocenters. The minimum atomic E-state index is -0.876. The second-order valence-electron chi connectivity index (χ2n) is 4.76. The van der Waals surface area contributed by atoms with E-state index in [0.717, 1.165) is 35.8 Å². The molecule has 0 aliphatic rings. The van der Waals surface area contributed by atoms with E-state index in [2.05, 4.69) is 18.9 Å². The van der Waals surface area contributed by atoms with Gasteiger partial charge in [-0.15, -0.1) is 0 Å². The topological polar surface area (TPSA) is 40.5 Å². The largest absolute Gasteiger partial charge is 0.478 e. The number of benzene rings is 2. The Hall–Kier alpha value is -2.03. The van der Waals surface area contributed by atoms with Crippen molar-refractivity contribution < 1.29 is 9.90 Å². The Morgan fingerprint density at radius 3 is 2.47 bits per heavy atom. The summed E-state index contributed by atoms with van der Waals surface area (Å²) >= 11 is 0. The Kier molecular flexibility index (Phi) is 4.05. The highest BCUT2D eigenvalue weighted by Crippen LogP contribution is 2.29. The molecule has 2 aromatic rings. The van der Waals surface area contributed by atoms with Gasteiger partial charge in [-0.3, -0.25) is 0 Å². The van der Waals surface area contributed by atoms with E-state index in [0.29, 0.717) is 5.56 Å². The molecule has 0 saturated carbocycles. The van der Waals surface area contributed by atoms with E-state index in [1.807, 2.05) is 30.3 Å². The number of carboxylic acids is 1. The van der Waals surface area contributed by atoms with Crippen molar-refractivity contribution in [3.8, 4) is 0 Å². The van der Waals surface area contributed by atoms with Gasteiger partial charge < -0.3 is 10.0 Å². The summed E-state index contributed by atoms with van der Waals surface area (Å²) in [5.41, 5.74) is 1.46. The monoisotopic (exact) mass is 257 g/mol. The van der Waals surface area contributed by atoms with E-state index in [9.17, 15) is 9.90 Å². The number of carbonyl (C=O) groups is 1. The number of aromatic carboxylic acids is 1. The summed E-state index contributed by atoms with van der Waals surface area (Å²) in [4.78, 5) is 13.4. The summed E-state index contributed by atoms with van der Waals surface area (Å²) in [7, 11) is 2.05. The van der Waals surface area contributed by atoms with Gasteiger partial charge in [0.1, 0.15) is 0 Å². The molecule has 0 amide bonds. The number of hydrogen-bond donors (Lipinski definition) is 1. The zero-order valence-electron chi connectivity index (χ0n) is 11.4. The molecule has 0 saturated heterocycles. The van der Waals surface area contributed by atoms with Gasteiger partial charge in [0.25, 0.3) is 0 Å². The van der Waals surface area contributed by atoms with Crippen molar-refractivity contribution in [1.82, 2.24) is 0 Å². The first-order valence-electron chi connectivity index (χ1n) is 6.61. The number of carboxylic acid groups (broad SMARTS) is 1. The second kappa shape index (κ2) is 5.74. The molecule has 0 aliphatic carbocycles. The molecule has 3 heteroatoms. The number of nitrogens with zero attached hydrogens (tertiary/aromatic N) is 1. The molecule has 2 rings (SSSR count). The van der Waals surface area contributed by atoms with E-state index < -0.39 is 5.97 Å². The van der Waals surface area contributed by atoms with Gasteiger partial charge in [0.05, 0.1) is 5.56 Å². The lowest BCUT2D eigenvalue weighted by molar-refractivity contribution is 0.0699. The maximum atomic E-state index is 11.3. The Labute approximate surface area is 113 Å². The van der Waals surface area contributed by atoms with Crippen molar-refractivity contribution in [3.05, 3.63) is 42.0 Å². The number of unbranched alkanes of at least 4 members (excludes halogenated alkanes) is 1. The SMILES string of the molecule is CCCCN(C)c1ccc(C(=O)O)c2ccccc12. The van der Waals surface area contributed by atoms with Crippen molar-refractivity contribution in [2.45, 2.75) is 19.8 Å². The van der Waals surface area contributed by atoms with Crippen LogP contribution in [0, 0.1) is 0 Å². The molecule has 0 aliphatic heterocycles. The fraction of sp³-hybridized carbons (Fsp3) is 0.312. The minimum absolute atomic E-state index is 0.364. The zero-order chi connectivity index (χ0) is 13.8. The van der Waals surface area contributed by atoms with Gasteiger partial charge in [-0.1, -0.05) is 37.6 Å². The molecule has 0 radical (unpaired) electrons. The van der Waals surface area contributed by atoms with Crippen LogP contribution in [0.3, 0.4) is 0 Å². The van der Waals surface area contributed by atoms with E-state index in [1.165, 1.54) is 0 Å². The van der Waals surface area contributed by atoms with Gasteiger partial charge in [-0.25, -0.2) is 4.79 Å². The highest BCUT2D eigenvalue weighted by molar-refractivity contribution is 6.07. The maximum absolute atomic E-state index is 11.3. The molecule has 0 fully saturated rings. The van der Waals surface area contributed by atoms with Crippen LogP contribution in [-0.2, 0) is 0 Å². The van der Waals surface area contributed by atoms with Crippen molar-refractivity contribution >= 4 is 22.4 Å². The number of anilines is 1. The van der Waals surface area contributed by atoms with E-state index in [1.54, 1.807) is 6.07 Å². The van der Waals surface area contributed by atoms with Crippen LogP contribution in [0.5, 0.6) is 0 Å². The highest BCUT2D eigenvalue weighted by atomic mass is 16.4. The minimum Gasteiger partial charge on any atom is -0.478 e. The molecular weight excluding hydrogens is 238 g/mol. The van der Waals surface area contributed by atoms with Gasteiger partial charge in [-0.05, 0) is 23.9 Å². The van der Waals surface area contributed by atoms with Crippen LogP contribution in [0.4, 0.5) is 5.69 Å². The van der Waals surface area contributed by atoms with E-state index in [4.69, 9.17) is 0 Å². The summed E-state index contributed by atoms with van der Waals surface area (Å²) in [5.74, 6) is -0.876. The Balaban J connectivity index is 2.52. The van der Waals surface area contributed by atoms with Crippen LogP contribution in [0.1, 0.15) is 30.1 Å². The summed E-state index contributed by atoms with van der Waals surface area (Å²) in [5, 5.41) is 11.0. The normalized spacial score (nSPS) is 10.6. The van der Waals surface area contributed by atoms with Crippen molar-refractivity contribution in [2.75, 3.05) is 18.5 Å². The first-order valence-corrected chi connectivity index (χ1v) is 6.61. The van der Waals surface area contributed by atoms with Crippen molar-refractivity contribution in [2.24, 2.45) is 0 Å². The number of rotatable bonds is 5. The fourth-order valence-corrected chi connectivity index (χ4v) is 2.32. The lowest BCUT2D eigenvalue weighted by Crippen LogP contribution is -2.18. The lowest BCUT2D eigenvalue weighted by atomic mass is 10.0. The quantitative estimate of drug-likeness (QED) is 0.886.